The molecule has 0 aromatic carbocycles. The number of rotatable bonds is 9. The molecule has 0 amide bonds. The molecule has 4 heteroatoms. The van der Waals surface area contributed by atoms with E-state index >= 15 is 0 Å². The smallest absolute Gasteiger partial charge is 0.108 e. The third kappa shape index (κ3) is 5.49. The molecule has 1 unspecified atom stereocenters. The normalized spacial score (nSPS) is 21.5. The van der Waals surface area contributed by atoms with Gasteiger partial charge in [-0.15, -0.1) is 0 Å². The van der Waals surface area contributed by atoms with Gasteiger partial charge >= 0.3 is 0 Å². The lowest BCUT2D eigenvalue weighted by Crippen LogP contribution is -2.40. The number of nitriles is 1. The van der Waals surface area contributed by atoms with E-state index in [2.05, 4.69) is 23.3 Å². The maximum absolute atomic E-state index is 9.03. The molecular formula is C13H23N3O. The first-order chi connectivity index (χ1) is 8.28. The second-order valence-corrected chi connectivity index (χ2v) is 5.40. The quantitative estimate of drug-likeness (QED) is 0.608. The Morgan fingerprint density at radius 3 is 2.76 bits per heavy atom. The van der Waals surface area contributed by atoms with Crippen molar-refractivity contribution in [3.8, 4) is 6.07 Å². The summed E-state index contributed by atoms with van der Waals surface area (Å²) in [5.41, 5.74) is 0. The molecule has 0 spiro atoms. The van der Waals surface area contributed by atoms with E-state index in [9.17, 15) is 0 Å². The van der Waals surface area contributed by atoms with Gasteiger partial charge in [-0.25, -0.2) is 0 Å². The molecule has 1 N–H and O–H groups in total. The molecule has 0 bridgehead atoms. The van der Waals surface area contributed by atoms with Crippen LogP contribution in [0.2, 0.25) is 0 Å². The fourth-order valence-corrected chi connectivity index (χ4v) is 1.82. The molecule has 0 radical (unpaired) electrons. The summed E-state index contributed by atoms with van der Waals surface area (Å²) in [6.07, 6.45) is 5.15. The third-order valence-corrected chi connectivity index (χ3v) is 3.33. The van der Waals surface area contributed by atoms with Crippen molar-refractivity contribution in [1.29, 1.82) is 5.26 Å². The lowest BCUT2D eigenvalue weighted by molar-refractivity contribution is 0.102. The monoisotopic (exact) mass is 237 g/mol. The lowest BCUT2D eigenvalue weighted by atomic mass is 10.3. The van der Waals surface area contributed by atoms with E-state index in [0.29, 0.717) is 6.04 Å². The minimum Gasteiger partial charge on any atom is -0.380 e. The lowest BCUT2D eigenvalue weighted by Gasteiger charge is -2.20. The van der Waals surface area contributed by atoms with E-state index in [1.165, 1.54) is 25.7 Å². The molecule has 2 rings (SSSR count). The first kappa shape index (κ1) is 12.8. The summed E-state index contributed by atoms with van der Waals surface area (Å²) < 4.78 is 5.59. The van der Waals surface area contributed by atoms with Crippen LogP contribution in [-0.4, -0.2) is 50.3 Å². The zero-order valence-corrected chi connectivity index (χ0v) is 10.7. The van der Waals surface area contributed by atoms with Crippen molar-refractivity contribution >= 4 is 0 Å². The highest BCUT2D eigenvalue weighted by Crippen LogP contribution is 2.28. The van der Waals surface area contributed by atoms with Crippen LogP contribution < -0.4 is 5.32 Å². The van der Waals surface area contributed by atoms with Gasteiger partial charge in [-0.1, -0.05) is 0 Å². The summed E-state index contributed by atoms with van der Waals surface area (Å²) in [6.45, 7) is 3.42. The Hall–Kier alpha value is -0.630. The van der Waals surface area contributed by atoms with E-state index in [1.54, 1.807) is 0 Å². The Morgan fingerprint density at radius 2 is 2.18 bits per heavy atom. The minimum atomic E-state index is -0.0315. The highest BCUT2D eigenvalue weighted by atomic mass is 16.5. The molecule has 0 heterocycles. The molecule has 2 saturated carbocycles. The fraction of sp³-hybridized carbons (Fsp3) is 0.923. The van der Waals surface area contributed by atoms with E-state index < -0.39 is 0 Å². The zero-order chi connectivity index (χ0) is 12.1. The first-order valence-corrected chi connectivity index (χ1v) is 6.70. The Morgan fingerprint density at radius 1 is 1.41 bits per heavy atom. The molecule has 17 heavy (non-hydrogen) atoms. The molecular weight excluding hydrogens is 214 g/mol. The van der Waals surface area contributed by atoms with E-state index in [1.807, 2.05) is 0 Å². The summed E-state index contributed by atoms with van der Waals surface area (Å²) in [4.78, 5) is 2.18. The summed E-state index contributed by atoms with van der Waals surface area (Å²) in [5, 5.41) is 12.4. The Kier molecular flexibility index (Phi) is 4.78. The van der Waals surface area contributed by atoms with Gasteiger partial charge in [-0.2, -0.15) is 5.26 Å². The van der Waals surface area contributed by atoms with Gasteiger partial charge in [0.25, 0.3) is 0 Å². The number of hydrogen-bond donors (Lipinski definition) is 1. The topological polar surface area (TPSA) is 48.3 Å². The zero-order valence-electron chi connectivity index (χ0n) is 10.7. The van der Waals surface area contributed by atoms with Crippen LogP contribution in [0, 0.1) is 17.2 Å². The third-order valence-electron chi connectivity index (χ3n) is 3.33. The second kappa shape index (κ2) is 6.34. The molecule has 96 valence electrons. The molecule has 1 atom stereocenters. The van der Waals surface area contributed by atoms with Gasteiger partial charge in [0.15, 0.2) is 0 Å². The van der Waals surface area contributed by atoms with Gasteiger partial charge < -0.3 is 9.64 Å². The Labute approximate surface area is 104 Å². The van der Waals surface area contributed by atoms with Gasteiger partial charge in [-0.3, -0.25) is 5.32 Å². The number of hydrogen-bond acceptors (Lipinski definition) is 4. The molecule has 4 nitrogen and oxygen atoms in total. The van der Waals surface area contributed by atoms with Crippen LogP contribution in [0.15, 0.2) is 0 Å². The Balaban J connectivity index is 1.51. The summed E-state index contributed by atoms with van der Waals surface area (Å²) in [5.74, 6) is 0.837. The maximum Gasteiger partial charge on any atom is 0.108 e. The molecule has 0 saturated heterocycles. The van der Waals surface area contributed by atoms with Crippen LogP contribution in [0.5, 0.6) is 0 Å². The van der Waals surface area contributed by atoms with Gasteiger partial charge in [0.05, 0.1) is 12.7 Å². The first-order valence-electron chi connectivity index (χ1n) is 6.70. The molecule has 0 aromatic rings. The van der Waals surface area contributed by atoms with Crippen molar-refractivity contribution in [2.45, 2.75) is 37.8 Å². The summed E-state index contributed by atoms with van der Waals surface area (Å²) in [7, 11) is 2.05. The van der Waals surface area contributed by atoms with E-state index in [-0.39, 0.29) is 6.04 Å². The van der Waals surface area contributed by atoms with Crippen molar-refractivity contribution in [2.24, 2.45) is 5.92 Å². The van der Waals surface area contributed by atoms with E-state index in [4.69, 9.17) is 10.00 Å². The number of nitrogens with zero attached hydrogens (tertiary/aromatic N) is 2. The van der Waals surface area contributed by atoms with Crippen molar-refractivity contribution < 1.29 is 4.74 Å². The second-order valence-electron chi connectivity index (χ2n) is 5.40. The molecule has 0 aromatic heterocycles. The van der Waals surface area contributed by atoms with Gasteiger partial charge in [0.1, 0.15) is 6.04 Å². The largest absolute Gasteiger partial charge is 0.380 e. The number of likely N-dealkylation sites (N-methyl/N-ethyl adjacent to an activating group) is 1. The van der Waals surface area contributed by atoms with Crippen molar-refractivity contribution in [1.82, 2.24) is 10.2 Å². The van der Waals surface area contributed by atoms with Crippen LogP contribution in [0.3, 0.4) is 0 Å². The molecule has 0 aliphatic heterocycles. The predicted molar refractivity (Wildman–Crippen MR) is 66.6 cm³/mol. The van der Waals surface area contributed by atoms with Crippen LogP contribution in [0.1, 0.15) is 25.7 Å². The summed E-state index contributed by atoms with van der Waals surface area (Å²) >= 11 is 0. The average Bonchev–Trinajstić information content (AvgIpc) is 3.17. The van der Waals surface area contributed by atoms with Gasteiger partial charge in [0, 0.05) is 25.7 Å². The van der Waals surface area contributed by atoms with Crippen LogP contribution in [-0.2, 0) is 4.74 Å². The van der Waals surface area contributed by atoms with Gasteiger partial charge in [-0.05, 0) is 38.6 Å². The molecule has 2 aliphatic rings. The average molecular weight is 237 g/mol. The molecule has 2 aliphatic carbocycles. The van der Waals surface area contributed by atoms with Crippen LogP contribution in [0.25, 0.3) is 0 Å². The standard InChI is InChI=1S/C13H23N3O/c1-16(6-7-17-10-11-2-3-11)9-13(8-14)15-12-4-5-12/h11-13,15H,2-7,9-10H2,1H3. The molecule has 2 fully saturated rings. The SMILES string of the molecule is CN(CCOCC1CC1)CC(C#N)NC1CC1. The predicted octanol–water partition coefficient (Wildman–Crippen LogP) is 0.989. The van der Waals surface area contributed by atoms with Crippen LogP contribution >= 0.6 is 0 Å². The van der Waals surface area contributed by atoms with Crippen molar-refractivity contribution in [3.05, 3.63) is 0 Å². The van der Waals surface area contributed by atoms with Crippen molar-refractivity contribution in [2.75, 3.05) is 33.4 Å². The highest BCUT2D eigenvalue weighted by Gasteiger charge is 2.25. The summed E-state index contributed by atoms with van der Waals surface area (Å²) in [6, 6.07) is 2.89. The number of ether oxygens (including phenoxy) is 1. The van der Waals surface area contributed by atoms with Crippen molar-refractivity contribution in [3.63, 3.8) is 0 Å². The minimum absolute atomic E-state index is 0.0315. The Bertz CT molecular complexity index is 268. The fourth-order valence-electron chi connectivity index (χ4n) is 1.82. The highest BCUT2D eigenvalue weighted by molar-refractivity contribution is 4.97. The maximum atomic E-state index is 9.03. The number of nitrogens with one attached hydrogen (secondary N) is 1. The van der Waals surface area contributed by atoms with Gasteiger partial charge in [0.2, 0.25) is 0 Å². The van der Waals surface area contributed by atoms with Crippen LogP contribution in [0.4, 0.5) is 0 Å². The van der Waals surface area contributed by atoms with E-state index in [0.717, 1.165) is 32.2 Å².